The first kappa shape index (κ1) is 10.9. The predicted molar refractivity (Wildman–Crippen MR) is 61.1 cm³/mol. The third kappa shape index (κ3) is 2.17. The molecule has 0 unspecified atom stereocenters. The van der Waals surface area contributed by atoms with Gasteiger partial charge >= 0.3 is 0 Å². The summed E-state index contributed by atoms with van der Waals surface area (Å²) >= 11 is 5.87. The third-order valence-corrected chi connectivity index (χ3v) is 3.41. The van der Waals surface area contributed by atoms with Crippen molar-refractivity contribution in [1.29, 1.82) is 0 Å². The molecule has 1 aliphatic carbocycles. The SMILES string of the molecule is CCCc1c(CCl)nnn1C1CCCC1. The number of alkyl halides is 1. The molecular formula is C11H18ClN3. The van der Waals surface area contributed by atoms with Gasteiger partial charge in [0.1, 0.15) is 5.69 Å². The van der Waals surface area contributed by atoms with Crippen LogP contribution in [0.3, 0.4) is 0 Å². The highest BCUT2D eigenvalue weighted by Crippen LogP contribution is 2.30. The number of halogens is 1. The molecule has 15 heavy (non-hydrogen) atoms. The Hall–Kier alpha value is -0.570. The van der Waals surface area contributed by atoms with Crippen LogP contribution >= 0.6 is 11.6 Å². The topological polar surface area (TPSA) is 30.7 Å². The molecule has 1 aromatic heterocycles. The van der Waals surface area contributed by atoms with E-state index in [0.717, 1.165) is 18.5 Å². The van der Waals surface area contributed by atoms with E-state index in [2.05, 4.69) is 21.9 Å². The Bertz CT molecular complexity index is 316. The second-order valence-electron chi connectivity index (χ2n) is 4.25. The zero-order valence-corrected chi connectivity index (χ0v) is 10.0. The van der Waals surface area contributed by atoms with Crippen molar-refractivity contribution in [2.45, 2.75) is 57.4 Å². The number of hydrogen-bond donors (Lipinski definition) is 0. The van der Waals surface area contributed by atoms with E-state index in [1.54, 1.807) is 0 Å². The Balaban J connectivity index is 2.24. The minimum absolute atomic E-state index is 0.488. The van der Waals surface area contributed by atoms with E-state index in [4.69, 9.17) is 11.6 Å². The molecule has 1 saturated carbocycles. The maximum absolute atomic E-state index is 5.87. The minimum Gasteiger partial charge on any atom is -0.246 e. The fraction of sp³-hybridized carbons (Fsp3) is 0.818. The maximum Gasteiger partial charge on any atom is 0.101 e. The molecule has 3 nitrogen and oxygen atoms in total. The van der Waals surface area contributed by atoms with Crippen LogP contribution in [-0.2, 0) is 12.3 Å². The van der Waals surface area contributed by atoms with Gasteiger partial charge in [-0.3, -0.25) is 0 Å². The molecule has 0 spiro atoms. The van der Waals surface area contributed by atoms with E-state index in [-0.39, 0.29) is 0 Å². The highest BCUT2D eigenvalue weighted by atomic mass is 35.5. The molecule has 0 amide bonds. The van der Waals surface area contributed by atoms with Crippen molar-refractivity contribution in [3.8, 4) is 0 Å². The lowest BCUT2D eigenvalue weighted by atomic mass is 10.2. The molecule has 84 valence electrons. The fourth-order valence-corrected chi connectivity index (χ4v) is 2.60. The zero-order valence-electron chi connectivity index (χ0n) is 9.25. The van der Waals surface area contributed by atoms with Gasteiger partial charge in [-0.15, -0.1) is 16.7 Å². The molecular weight excluding hydrogens is 210 g/mol. The average molecular weight is 228 g/mol. The summed E-state index contributed by atoms with van der Waals surface area (Å²) < 4.78 is 2.13. The van der Waals surface area contributed by atoms with Crippen molar-refractivity contribution in [2.24, 2.45) is 0 Å². The first-order valence-electron chi connectivity index (χ1n) is 5.85. The monoisotopic (exact) mass is 227 g/mol. The van der Waals surface area contributed by atoms with Crippen molar-refractivity contribution in [1.82, 2.24) is 15.0 Å². The van der Waals surface area contributed by atoms with Crippen LogP contribution < -0.4 is 0 Å². The Morgan fingerprint density at radius 1 is 1.40 bits per heavy atom. The Morgan fingerprint density at radius 3 is 2.73 bits per heavy atom. The zero-order chi connectivity index (χ0) is 10.7. The Morgan fingerprint density at radius 2 is 2.13 bits per heavy atom. The van der Waals surface area contributed by atoms with E-state index < -0.39 is 0 Å². The molecule has 1 fully saturated rings. The molecule has 0 N–H and O–H groups in total. The highest BCUT2D eigenvalue weighted by Gasteiger charge is 2.22. The van der Waals surface area contributed by atoms with Crippen LogP contribution in [0.5, 0.6) is 0 Å². The molecule has 0 aromatic carbocycles. The molecule has 2 rings (SSSR count). The highest BCUT2D eigenvalue weighted by molar-refractivity contribution is 6.16. The van der Waals surface area contributed by atoms with Crippen molar-refractivity contribution < 1.29 is 0 Å². The lowest BCUT2D eigenvalue weighted by molar-refractivity contribution is 0.437. The second kappa shape index (κ2) is 4.97. The molecule has 0 aliphatic heterocycles. The second-order valence-corrected chi connectivity index (χ2v) is 4.52. The molecule has 1 aromatic rings. The first-order valence-corrected chi connectivity index (χ1v) is 6.39. The smallest absolute Gasteiger partial charge is 0.101 e. The Labute approximate surface area is 95.8 Å². The van der Waals surface area contributed by atoms with Gasteiger partial charge in [-0.25, -0.2) is 4.68 Å². The van der Waals surface area contributed by atoms with Crippen molar-refractivity contribution in [3.05, 3.63) is 11.4 Å². The summed E-state index contributed by atoms with van der Waals surface area (Å²) in [6, 6.07) is 0.580. The molecule has 0 atom stereocenters. The summed E-state index contributed by atoms with van der Waals surface area (Å²) in [4.78, 5) is 0. The van der Waals surface area contributed by atoms with Gasteiger partial charge in [0, 0.05) is 0 Å². The molecule has 0 bridgehead atoms. The lowest BCUT2D eigenvalue weighted by Gasteiger charge is -2.12. The van der Waals surface area contributed by atoms with E-state index in [1.807, 2.05) is 0 Å². The van der Waals surface area contributed by atoms with Crippen LogP contribution in [0.4, 0.5) is 0 Å². The van der Waals surface area contributed by atoms with Gasteiger partial charge in [0.25, 0.3) is 0 Å². The average Bonchev–Trinajstić information content (AvgIpc) is 2.85. The van der Waals surface area contributed by atoms with Crippen LogP contribution in [0.15, 0.2) is 0 Å². The van der Waals surface area contributed by atoms with Crippen molar-refractivity contribution >= 4 is 11.6 Å². The fourth-order valence-electron chi connectivity index (χ4n) is 2.39. The summed E-state index contributed by atoms with van der Waals surface area (Å²) in [6.07, 6.45) is 7.33. The van der Waals surface area contributed by atoms with Crippen LogP contribution in [0.2, 0.25) is 0 Å². The van der Waals surface area contributed by atoms with Gasteiger partial charge in [0.2, 0.25) is 0 Å². The van der Waals surface area contributed by atoms with Gasteiger partial charge in [-0.05, 0) is 19.3 Å². The predicted octanol–water partition coefficient (Wildman–Crippen LogP) is 3.08. The molecule has 4 heteroatoms. The summed E-state index contributed by atoms with van der Waals surface area (Å²) in [5.74, 6) is 0.488. The number of rotatable bonds is 4. The quantitative estimate of drug-likeness (QED) is 0.741. The van der Waals surface area contributed by atoms with Gasteiger partial charge < -0.3 is 0 Å². The largest absolute Gasteiger partial charge is 0.246 e. The molecule has 0 saturated heterocycles. The van der Waals surface area contributed by atoms with Gasteiger partial charge in [0.15, 0.2) is 0 Å². The number of hydrogen-bond acceptors (Lipinski definition) is 2. The Kier molecular flexibility index (Phi) is 3.62. The van der Waals surface area contributed by atoms with Crippen LogP contribution in [0.25, 0.3) is 0 Å². The summed E-state index contributed by atoms with van der Waals surface area (Å²) in [7, 11) is 0. The normalized spacial score (nSPS) is 17.5. The van der Waals surface area contributed by atoms with Crippen LogP contribution in [0.1, 0.15) is 56.5 Å². The molecule has 1 aliphatic rings. The number of nitrogens with zero attached hydrogens (tertiary/aromatic N) is 3. The van der Waals surface area contributed by atoms with E-state index in [0.29, 0.717) is 11.9 Å². The molecule has 1 heterocycles. The van der Waals surface area contributed by atoms with Gasteiger partial charge in [-0.2, -0.15) is 0 Å². The van der Waals surface area contributed by atoms with E-state index in [9.17, 15) is 0 Å². The summed E-state index contributed by atoms with van der Waals surface area (Å²) in [5, 5.41) is 8.45. The van der Waals surface area contributed by atoms with Gasteiger partial charge in [0.05, 0.1) is 17.6 Å². The summed E-state index contributed by atoms with van der Waals surface area (Å²) in [5.41, 5.74) is 2.24. The number of aromatic nitrogens is 3. The maximum atomic E-state index is 5.87. The minimum atomic E-state index is 0.488. The van der Waals surface area contributed by atoms with Crippen LogP contribution in [0, 0.1) is 0 Å². The van der Waals surface area contributed by atoms with Crippen molar-refractivity contribution in [3.63, 3.8) is 0 Å². The first-order chi connectivity index (χ1) is 7.36. The van der Waals surface area contributed by atoms with Crippen LogP contribution in [-0.4, -0.2) is 15.0 Å². The van der Waals surface area contributed by atoms with Crippen molar-refractivity contribution in [2.75, 3.05) is 0 Å². The van der Waals surface area contributed by atoms with E-state index >= 15 is 0 Å². The third-order valence-electron chi connectivity index (χ3n) is 3.16. The van der Waals surface area contributed by atoms with E-state index in [1.165, 1.54) is 31.4 Å². The lowest BCUT2D eigenvalue weighted by Crippen LogP contribution is -2.11. The standard InChI is InChI=1S/C11H18ClN3/c1-2-5-11-10(8-12)13-14-15(11)9-6-3-4-7-9/h9H,2-8H2,1H3. The molecule has 0 radical (unpaired) electrons. The van der Waals surface area contributed by atoms with Gasteiger partial charge in [-0.1, -0.05) is 31.4 Å². The summed E-state index contributed by atoms with van der Waals surface area (Å²) in [6.45, 7) is 2.18.